The van der Waals surface area contributed by atoms with Crippen LogP contribution in [0.5, 0.6) is 0 Å². The van der Waals surface area contributed by atoms with E-state index in [2.05, 4.69) is 26.2 Å². The summed E-state index contributed by atoms with van der Waals surface area (Å²) >= 11 is 8.67. The minimum absolute atomic E-state index is 0.0676. The normalized spacial score (nSPS) is 12.6. The van der Waals surface area contributed by atoms with Crippen LogP contribution in [-0.4, -0.2) is 22.5 Å². The maximum atomic E-state index is 11.7. The molecule has 1 amide bonds. The fourth-order valence-corrected chi connectivity index (χ4v) is 2.52. The smallest absolute Gasteiger partial charge is 0.242 e. The lowest BCUT2D eigenvalue weighted by Crippen LogP contribution is -2.27. The molecular weight excluding hydrogens is 302 g/mol. The number of hydrogen-bond acceptors (Lipinski definition) is 2. The molecule has 0 saturated heterocycles. The van der Waals surface area contributed by atoms with Gasteiger partial charge in [-0.05, 0) is 37.3 Å². The topological polar surface area (TPSA) is 49.8 Å². The Kier molecular flexibility index (Phi) is 3.35. The van der Waals surface area contributed by atoms with Gasteiger partial charge in [0.15, 0.2) is 4.77 Å². The molecule has 6 heteroatoms. The van der Waals surface area contributed by atoms with Gasteiger partial charge in [-0.3, -0.25) is 4.79 Å². The average Bonchev–Trinajstić information content (AvgIpc) is 2.62. The Morgan fingerprint density at radius 2 is 2.29 bits per heavy atom. The molecule has 17 heavy (non-hydrogen) atoms. The Morgan fingerprint density at radius 1 is 1.59 bits per heavy atom. The predicted octanol–water partition coefficient (Wildman–Crippen LogP) is 2.77. The highest BCUT2D eigenvalue weighted by Gasteiger charge is 2.17. The number of benzene rings is 1. The third-order valence-electron chi connectivity index (χ3n) is 2.69. The number of rotatable bonds is 2. The fraction of sp³-hybridized carbons (Fsp3) is 0.273. The van der Waals surface area contributed by atoms with Crippen molar-refractivity contribution in [3.05, 3.63) is 27.4 Å². The Balaban J connectivity index is 2.67. The predicted molar refractivity (Wildman–Crippen MR) is 73.6 cm³/mol. The van der Waals surface area contributed by atoms with Gasteiger partial charge in [0.25, 0.3) is 0 Å². The summed E-state index contributed by atoms with van der Waals surface area (Å²) < 4.78 is 3.32. The van der Waals surface area contributed by atoms with Crippen molar-refractivity contribution in [1.29, 1.82) is 0 Å². The van der Waals surface area contributed by atoms with Gasteiger partial charge in [-0.15, -0.1) is 0 Å². The Bertz CT molecular complexity index is 631. The molecule has 4 nitrogen and oxygen atoms in total. The number of carbonyl (C=O) groups is 1. The number of halogens is 1. The number of carbonyl (C=O) groups excluding carboxylic acids is 1. The summed E-state index contributed by atoms with van der Waals surface area (Å²) in [5, 5.41) is 2.63. The summed E-state index contributed by atoms with van der Waals surface area (Å²) in [5.74, 6) is -0.0676. The van der Waals surface area contributed by atoms with Crippen LogP contribution in [-0.2, 0) is 4.79 Å². The minimum Gasteiger partial charge on any atom is -0.357 e. The molecule has 1 atom stereocenters. The summed E-state index contributed by atoms with van der Waals surface area (Å²) in [6.45, 7) is 1.82. The number of imidazole rings is 1. The molecule has 0 aliphatic carbocycles. The number of amides is 1. The molecule has 90 valence electrons. The summed E-state index contributed by atoms with van der Waals surface area (Å²) in [6, 6.07) is 5.47. The van der Waals surface area contributed by atoms with E-state index in [0.29, 0.717) is 4.77 Å². The lowest BCUT2D eigenvalue weighted by molar-refractivity contribution is -0.123. The van der Waals surface area contributed by atoms with Gasteiger partial charge < -0.3 is 14.9 Å². The minimum atomic E-state index is -0.337. The molecule has 2 N–H and O–H groups in total. The third kappa shape index (κ3) is 2.14. The monoisotopic (exact) mass is 313 g/mol. The fourth-order valence-electron chi connectivity index (χ4n) is 1.81. The maximum absolute atomic E-state index is 11.7. The summed E-state index contributed by atoms with van der Waals surface area (Å²) in [6.07, 6.45) is 0. The van der Waals surface area contributed by atoms with E-state index in [1.165, 1.54) is 0 Å². The second-order valence-electron chi connectivity index (χ2n) is 3.75. The molecule has 1 aromatic carbocycles. The van der Waals surface area contributed by atoms with E-state index in [1.54, 1.807) is 7.05 Å². The second kappa shape index (κ2) is 4.62. The van der Waals surface area contributed by atoms with E-state index < -0.39 is 0 Å². The molecule has 0 aliphatic heterocycles. The first-order chi connectivity index (χ1) is 8.04. The molecule has 0 spiro atoms. The number of likely N-dealkylation sites (N-methyl/N-ethyl adjacent to an activating group) is 1. The molecule has 2 aromatic rings. The van der Waals surface area contributed by atoms with E-state index >= 15 is 0 Å². The molecule has 1 unspecified atom stereocenters. The Morgan fingerprint density at radius 3 is 2.94 bits per heavy atom. The van der Waals surface area contributed by atoms with Crippen molar-refractivity contribution in [3.8, 4) is 0 Å². The maximum Gasteiger partial charge on any atom is 0.242 e. The number of hydrogen-bond donors (Lipinski definition) is 2. The van der Waals surface area contributed by atoms with E-state index in [4.69, 9.17) is 12.2 Å². The van der Waals surface area contributed by atoms with Gasteiger partial charge in [-0.1, -0.05) is 15.9 Å². The van der Waals surface area contributed by atoms with Gasteiger partial charge in [-0.25, -0.2) is 0 Å². The lowest BCUT2D eigenvalue weighted by Gasteiger charge is -2.12. The Hall–Kier alpha value is -1.14. The van der Waals surface area contributed by atoms with Gasteiger partial charge >= 0.3 is 0 Å². The molecule has 1 heterocycles. The van der Waals surface area contributed by atoms with Crippen LogP contribution in [0.2, 0.25) is 0 Å². The van der Waals surface area contributed by atoms with Crippen LogP contribution >= 0.6 is 28.1 Å². The van der Waals surface area contributed by atoms with Crippen molar-refractivity contribution in [2.75, 3.05) is 7.05 Å². The summed E-state index contributed by atoms with van der Waals surface area (Å²) in [7, 11) is 1.62. The van der Waals surface area contributed by atoms with Gasteiger partial charge in [0.05, 0.1) is 11.0 Å². The lowest BCUT2D eigenvalue weighted by atomic mass is 10.2. The van der Waals surface area contributed by atoms with Crippen molar-refractivity contribution >= 4 is 45.1 Å². The van der Waals surface area contributed by atoms with Crippen LogP contribution in [0.25, 0.3) is 11.0 Å². The zero-order valence-corrected chi connectivity index (χ0v) is 11.9. The quantitative estimate of drug-likeness (QED) is 0.838. The van der Waals surface area contributed by atoms with Crippen LogP contribution in [0.15, 0.2) is 22.7 Å². The molecule has 0 fully saturated rings. The first-order valence-corrected chi connectivity index (χ1v) is 6.36. The average molecular weight is 314 g/mol. The molecule has 0 saturated carbocycles. The van der Waals surface area contributed by atoms with Crippen molar-refractivity contribution in [1.82, 2.24) is 14.9 Å². The van der Waals surface area contributed by atoms with E-state index in [9.17, 15) is 4.79 Å². The van der Waals surface area contributed by atoms with Crippen LogP contribution in [0.3, 0.4) is 0 Å². The van der Waals surface area contributed by atoms with Crippen molar-refractivity contribution in [2.24, 2.45) is 0 Å². The molecule has 1 aromatic heterocycles. The largest absolute Gasteiger partial charge is 0.357 e. The highest BCUT2D eigenvalue weighted by Crippen LogP contribution is 2.22. The molecule has 0 bridgehead atoms. The molecular formula is C11H12BrN3OS. The first-order valence-electron chi connectivity index (χ1n) is 5.16. The third-order valence-corrected chi connectivity index (χ3v) is 3.48. The van der Waals surface area contributed by atoms with E-state index in [1.807, 2.05) is 29.7 Å². The van der Waals surface area contributed by atoms with E-state index in [0.717, 1.165) is 15.5 Å². The first kappa shape index (κ1) is 12.3. The van der Waals surface area contributed by atoms with Crippen LogP contribution in [0.1, 0.15) is 13.0 Å². The molecule has 2 rings (SSSR count). The standard InChI is InChI=1S/C11H12BrN3OS/c1-6(10(16)13-2)15-9-5-7(12)3-4-8(9)14-11(15)17/h3-6H,1-2H3,(H,13,16)(H,14,17). The van der Waals surface area contributed by atoms with Crippen molar-refractivity contribution in [2.45, 2.75) is 13.0 Å². The van der Waals surface area contributed by atoms with Crippen LogP contribution in [0.4, 0.5) is 0 Å². The number of aromatic nitrogens is 2. The van der Waals surface area contributed by atoms with Crippen LogP contribution in [0, 0.1) is 4.77 Å². The van der Waals surface area contributed by atoms with E-state index in [-0.39, 0.29) is 11.9 Å². The number of fused-ring (bicyclic) bond motifs is 1. The molecule has 0 aliphatic rings. The zero-order valence-electron chi connectivity index (χ0n) is 9.45. The zero-order chi connectivity index (χ0) is 12.6. The number of H-pyrrole nitrogens is 1. The van der Waals surface area contributed by atoms with Crippen molar-refractivity contribution < 1.29 is 4.79 Å². The SMILES string of the molecule is CNC(=O)C(C)n1c(=S)[nH]c2ccc(Br)cc21. The highest BCUT2D eigenvalue weighted by molar-refractivity contribution is 9.10. The number of aromatic amines is 1. The van der Waals surface area contributed by atoms with Gasteiger partial charge in [-0.2, -0.15) is 0 Å². The van der Waals surface area contributed by atoms with Gasteiger partial charge in [0.1, 0.15) is 6.04 Å². The highest BCUT2D eigenvalue weighted by atomic mass is 79.9. The van der Waals surface area contributed by atoms with Gasteiger partial charge in [0, 0.05) is 11.5 Å². The Labute approximate surface area is 112 Å². The number of nitrogens with one attached hydrogen (secondary N) is 2. The van der Waals surface area contributed by atoms with Crippen LogP contribution < -0.4 is 5.32 Å². The number of nitrogens with zero attached hydrogens (tertiary/aromatic N) is 1. The molecule has 0 radical (unpaired) electrons. The second-order valence-corrected chi connectivity index (χ2v) is 5.05. The van der Waals surface area contributed by atoms with Crippen molar-refractivity contribution in [3.63, 3.8) is 0 Å². The summed E-state index contributed by atoms with van der Waals surface area (Å²) in [4.78, 5) is 14.8. The van der Waals surface area contributed by atoms with Gasteiger partial charge in [0.2, 0.25) is 5.91 Å². The summed E-state index contributed by atoms with van der Waals surface area (Å²) in [5.41, 5.74) is 1.84.